The standard InChI is InChI=1S/C18H17IN2O/c1-11-20-16(12-3-7-14(19)8-4-12)18-17(21(11)18)13-5-9-15(22-2)10-6-13/h3-11,17-18H,1-2H3/t11-,17+,18+,21?/m0/s1. The van der Waals surface area contributed by atoms with Gasteiger partial charge in [-0.2, -0.15) is 0 Å². The number of halogens is 1. The number of aliphatic imine (C=N–C) groups is 1. The highest BCUT2D eigenvalue weighted by Crippen LogP contribution is 2.50. The monoisotopic (exact) mass is 404 g/mol. The minimum Gasteiger partial charge on any atom is -0.497 e. The smallest absolute Gasteiger partial charge is 0.118 e. The van der Waals surface area contributed by atoms with Crippen molar-refractivity contribution >= 4 is 28.3 Å². The first-order chi connectivity index (χ1) is 10.7. The summed E-state index contributed by atoms with van der Waals surface area (Å²) in [6, 6.07) is 17.9. The Labute approximate surface area is 144 Å². The second-order valence-electron chi connectivity index (χ2n) is 5.76. The van der Waals surface area contributed by atoms with Crippen molar-refractivity contribution in [1.29, 1.82) is 0 Å². The molecule has 4 heteroatoms. The van der Waals surface area contributed by atoms with Gasteiger partial charge in [-0.15, -0.1) is 0 Å². The highest BCUT2D eigenvalue weighted by molar-refractivity contribution is 14.1. The second kappa shape index (κ2) is 5.35. The molecule has 0 bridgehead atoms. The van der Waals surface area contributed by atoms with Crippen LogP contribution in [0.1, 0.15) is 24.1 Å². The molecular formula is C18H17IN2O. The van der Waals surface area contributed by atoms with Gasteiger partial charge in [-0.25, -0.2) is 0 Å². The van der Waals surface area contributed by atoms with Gasteiger partial charge in [-0.3, -0.25) is 9.89 Å². The maximum Gasteiger partial charge on any atom is 0.118 e. The van der Waals surface area contributed by atoms with Crippen LogP contribution in [0.5, 0.6) is 5.75 Å². The topological polar surface area (TPSA) is 24.6 Å². The third-order valence-electron chi connectivity index (χ3n) is 4.49. The zero-order valence-electron chi connectivity index (χ0n) is 12.5. The summed E-state index contributed by atoms with van der Waals surface area (Å²) in [4.78, 5) is 7.31. The lowest BCUT2D eigenvalue weighted by Crippen LogP contribution is -2.09. The average Bonchev–Trinajstić information content (AvgIpc) is 3.20. The van der Waals surface area contributed by atoms with E-state index < -0.39 is 0 Å². The van der Waals surface area contributed by atoms with Crippen LogP contribution in [0.4, 0.5) is 0 Å². The van der Waals surface area contributed by atoms with E-state index in [9.17, 15) is 0 Å². The van der Waals surface area contributed by atoms with E-state index in [2.05, 4.69) is 70.8 Å². The molecule has 0 spiro atoms. The van der Waals surface area contributed by atoms with Crippen LogP contribution in [0.15, 0.2) is 53.5 Å². The molecule has 2 aliphatic heterocycles. The largest absolute Gasteiger partial charge is 0.497 e. The normalized spacial score (nSPS) is 29.0. The van der Waals surface area contributed by atoms with Gasteiger partial charge in [0.15, 0.2) is 0 Å². The van der Waals surface area contributed by atoms with E-state index >= 15 is 0 Å². The van der Waals surface area contributed by atoms with E-state index in [1.807, 2.05) is 12.1 Å². The molecule has 0 aromatic heterocycles. The summed E-state index contributed by atoms with van der Waals surface area (Å²) in [7, 11) is 1.70. The summed E-state index contributed by atoms with van der Waals surface area (Å²) >= 11 is 2.34. The van der Waals surface area contributed by atoms with Gasteiger partial charge in [0.25, 0.3) is 0 Å². The predicted molar refractivity (Wildman–Crippen MR) is 96.5 cm³/mol. The molecular weight excluding hydrogens is 387 g/mol. The van der Waals surface area contributed by atoms with Crippen molar-refractivity contribution in [3.05, 3.63) is 63.2 Å². The molecule has 0 aliphatic carbocycles. The van der Waals surface area contributed by atoms with Crippen LogP contribution in [-0.4, -0.2) is 29.9 Å². The zero-order chi connectivity index (χ0) is 15.3. The van der Waals surface area contributed by atoms with Crippen molar-refractivity contribution in [2.75, 3.05) is 7.11 Å². The summed E-state index contributed by atoms with van der Waals surface area (Å²) < 4.78 is 6.50. The molecule has 1 unspecified atom stereocenters. The summed E-state index contributed by atoms with van der Waals surface area (Å²) in [5, 5.41) is 0. The lowest BCUT2D eigenvalue weighted by Gasteiger charge is -2.09. The fraction of sp³-hybridized carbons (Fsp3) is 0.278. The average molecular weight is 404 g/mol. The summed E-state index contributed by atoms with van der Waals surface area (Å²) in [5.41, 5.74) is 3.82. The van der Waals surface area contributed by atoms with Gasteiger partial charge in [0.1, 0.15) is 11.9 Å². The number of hydrogen-bond donors (Lipinski definition) is 0. The number of hydrogen-bond acceptors (Lipinski definition) is 3. The molecule has 112 valence electrons. The molecule has 0 amide bonds. The maximum absolute atomic E-state index is 5.25. The van der Waals surface area contributed by atoms with Crippen LogP contribution in [0, 0.1) is 3.57 Å². The van der Waals surface area contributed by atoms with Crippen LogP contribution in [-0.2, 0) is 0 Å². The fourth-order valence-electron chi connectivity index (χ4n) is 3.37. The Morgan fingerprint density at radius 2 is 1.68 bits per heavy atom. The number of ether oxygens (including phenoxy) is 1. The molecule has 1 fully saturated rings. The lowest BCUT2D eigenvalue weighted by atomic mass is 10.0. The fourth-order valence-corrected chi connectivity index (χ4v) is 3.73. The van der Waals surface area contributed by atoms with E-state index in [4.69, 9.17) is 9.73 Å². The molecule has 4 atom stereocenters. The molecule has 1 saturated heterocycles. The molecule has 22 heavy (non-hydrogen) atoms. The Bertz CT molecular complexity index is 724. The van der Waals surface area contributed by atoms with Crippen molar-refractivity contribution in [3.8, 4) is 5.75 Å². The van der Waals surface area contributed by atoms with Crippen molar-refractivity contribution < 1.29 is 4.74 Å². The number of benzene rings is 2. The molecule has 2 heterocycles. The zero-order valence-corrected chi connectivity index (χ0v) is 14.7. The van der Waals surface area contributed by atoms with Gasteiger partial charge in [0.2, 0.25) is 0 Å². The molecule has 4 rings (SSSR count). The van der Waals surface area contributed by atoms with Gasteiger partial charge in [0, 0.05) is 3.57 Å². The summed E-state index contributed by atoms with van der Waals surface area (Å²) in [6.07, 6.45) is 0.256. The highest BCUT2D eigenvalue weighted by atomic mass is 127. The van der Waals surface area contributed by atoms with Gasteiger partial charge in [0.05, 0.1) is 24.9 Å². The number of methoxy groups -OCH3 is 1. The quantitative estimate of drug-likeness (QED) is 0.573. The Morgan fingerprint density at radius 3 is 2.32 bits per heavy atom. The summed E-state index contributed by atoms with van der Waals surface area (Å²) in [6.45, 7) is 2.18. The van der Waals surface area contributed by atoms with Crippen molar-refractivity contribution in [2.45, 2.75) is 25.2 Å². The Morgan fingerprint density at radius 1 is 1.00 bits per heavy atom. The second-order valence-corrected chi connectivity index (χ2v) is 7.01. The van der Waals surface area contributed by atoms with E-state index in [1.54, 1.807) is 7.11 Å². The first-order valence-electron chi connectivity index (χ1n) is 7.44. The van der Waals surface area contributed by atoms with Gasteiger partial charge in [-0.05, 0) is 64.9 Å². The van der Waals surface area contributed by atoms with Gasteiger partial charge < -0.3 is 4.74 Å². The molecule has 2 aromatic rings. The molecule has 3 nitrogen and oxygen atoms in total. The minimum absolute atomic E-state index is 0.256. The van der Waals surface area contributed by atoms with Crippen LogP contribution >= 0.6 is 22.6 Å². The lowest BCUT2D eigenvalue weighted by molar-refractivity contribution is 0.412. The number of nitrogens with zero attached hydrogens (tertiary/aromatic N) is 2. The van der Waals surface area contributed by atoms with Crippen LogP contribution in [0.25, 0.3) is 0 Å². The highest BCUT2D eigenvalue weighted by Gasteiger charge is 2.57. The van der Waals surface area contributed by atoms with Gasteiger partial charge >= 0.3 is 0 Å². The Hall–Kier alpha value is -1.40. The Kier molecular flexibility index (Phi) is 3.46. The van der Waals surface area contributed by atoms with E-state index in [1.165, 1.54) is 20.4 Å². The number of rotatable bonds is 3. The number of fused-ring (bicyclic) bond motifs is 1. The molecule has 2 aliphatic rings. The Balaban J connectivity index is 1.62. The van der Waals surface area contributed by atoms with Crippen molar-refractivity contribution in [2.24, 2.45) is 4.99 Å². The van der Waals surface area contributed by atoms with Crippen molar-refractivity contribution in [3.63, 3.8) is 0 Å². The summed E-state index contributed by atoms with van der Waals surface area (Å²) in [5.74, 6) is 0.907. The third-order valence-corrected chi connectivity index (χ3v) is 5.21. The first kappa shape index (κ1) is 14.2. The van der Waals surface area contributed by atoms with Gasteiger partial charge in [-0.1, -0.05) is 24.3 Å². The minimum atomic E-state index is 0.256. The van der Waals surface area contributed by atoms with Crippen molar-refractivity contribution in [1.82, 2.24) is 4.90 Å². The van der Waals surface area contributed by atoms with Crippen LogP contribution in [0.2, 0.25) is 0 Å². The van der Waals surface area contributed by atoms with Crippen LogP contribution in [0.3, 0.4) is 0 Å². The van der Waals surface area contributed by atoms with E-state index in [-0.39, 0.29) is 6.17 Å². The maximum atomic E-state index is 5.25. The van der Waals surface area contributed by atoms with Crippen LogP contribution < -0.4 is 4.74 Å². The SMILES string of the molecule is COc1ccc([C@@H]2[C@H]3C(c4ccc(I)cc4)=N[C@H](C)N32)cc1. The predicted octanol–water partition coefficient (Wildman–Crippen LogP) is 3.87. The molecule has 0 radical (unpaired) electrons. The van der Waals surface area contributed by atoms with E-state index in [0.29, 0.717) is 12.1 Å². The first-order valence-corrected chi connectivity index (χ1v) is 8.52. The molecule has 0 N–H and O–H groups in total. The van der Waals surface area contributed by atoms with E-state index in [0.717, 1.165) is 5.75 Å². The molecule has 2 aromatic carbocycles. The molecule has 0 saturated carbocycles. The third kappa shape index (κ3) is 2.25.